The zero-order valence-corrected chi connectivity index (χ0v) is 17.5. The number of hydrogen-bond acceptors (Lipinski definition) is 5. The summed E-state index contributed by atoms with van der Waals surface area (Å²) in [5.41, 5.74) is 4.86. The van der Waals surface area contributed by atoms with E-state index in [2.05, 4.69) is 51.3 Å². The molecule has 2 heterocycles. The number of nitrogens with zero attached hydrogens (tertiary/aromatic N) is 2. The van der Waals surface area contributed by atoms with E-state index in [4.69, 9.17) is 0 Å². The summed E-state index contributed by atoms with van der Waals surface area (Å²) in [5.74, 6) is -0.217. The number of carbonyl (C=O) groups excluding carboxylic acids is 1. The van der Waals surface area contributed by atoms with Crippen LogP contribution in [-0.2, 0) is 13.0 Å². The molecule has 1 aliphatic rings. The summed E-state index contributed by atoms with van der Waals surface area (Å²) in [6.07, 6.45) is 0.992. The van der Waals surface area contributed by atoms with Gasteiger partial charge in [0.2, 0.25) is 0 Å². The maximum absolute atomic E-state index is 12.7. The van der Waals surface area contributed by atoms with Crippen molar-refractivity contribution in [2.24, 2.45) is 0 Å². The van der Waals surface area contributed by atoms with Gasteiger partial charge in [0.15, 0.2) is 0 Å². The lowest BCUT2D eigenvalue weighted by Gasteiger charge is -2.35. The molecule has 30 heavy (non-hydrogen) atoms. The third kappa shape index (κ3) is 4.27. The average molecular weight is 422 g/mol. The van der Waals surface area contributed by atoms with Gasteiger partial charge in [-0.3, -0.25) is 19.8 Å². The molecule has 1 aliphatic heterocycles. The molecule has 0 radical (unpaired) electrons. The minimum atomic E-state index is -0.433. The number of nitro groups is 1. The predicted octanol–water partition coefficient (Wildman–Crippen LogP) is 4.49. The van der Waals surface area contributed by atoms with Gasteiger partial charge >= 0.3 is 0 Å². The Morgan fingerprint density at radius 1 is 1.23 bits per heavy atom. The van der Waals surface area contributed by atoms with Crippen LogP contribution in [0.15, 0.2) is 59.3 Å². The highest BCUT2D eigenvalue weighted by molar-refractivity contribution is 7.08. The lowest BCUT2D eigenvalue weighted by Crippen LogP contribution is -2.40. The Hall–Kier alpha value is -3.03. The molecule has 6 nitrogen and oxygen atoms in total. The van der Waals surface area contributed by atoms with Crippen LogP contribution < -0.4 is 5.32 Å². The van der Waals surface area contributed by atoms with Crippen LogP contribution in [0.2, 0.25) is 0 Å². The van der Waals surface area contributed by atoms with Crippen LogP contribution in [0.4, 0.5) is 5.69 Å². The zero-order chi connectivity index (χ0) is 21.1. The number of rotatable bonds is 6. The molecule has 1 atom stereocenters. The molecule has 0 aliphatic carbocycles. The first kappa shape index (κ1) is 20.3. The first-order valence-corrected chi connectivity index (χ1v) is 10.8. The summed E-state index contributed by atoms with van der Waals surface area (Å²) >= 11 is 1.65. The fraction of sp³-hybridized carbons (Fsp3) is 0.261. The van der Waals surface area contributed by atoms with E-state index >= 15 is 0 Å². The second-order valence-corrected chi connectivity index (χ2v) is 8.31. The molecule has 2 aromatic carbocycles. The van der Waals surface area contributed by atoms with Gasteiger partial charge < -0.3 is 5.32 Å². The summed E-state index contributed by atoms with van der Waals surface area (Å²) in [5, 5.41) is 18.2. The average Bonchev–Trinajstić information content (AvgIpc) is 3.28. The second-order valence-electron chi connectivity index (χ2n) is 7.53. The van der Waals surface area contributed by atoms with E-state index in [9.17, 15) is 14.9 Å². The SMILES string of the molecule is Cc1cc(C(=O)NCC(c2ccsc2)N2CCc3ccccc3C2)ccc1[N+](=O)[O-]. The van der Waals surface area contributed by atoms with Crippen molar-refractivity contribution in [2.45, 2.75) is 25.9 Å². The lowest BCUT2D eigenvalue weighted by atomic mass is 9.97. The smallest absolute Gasteiger partial charge is 0.272 e. The van der Waals surface area contributed by atoms with E-state index in [-0.39, 0.29) is 17.6 Å². The standard InChI is InChI=1S/C23H23N3O3S/c1-16-12-18(6-7-21(16)26(28)29)23(27)24-13-22(20-9-11-30-15-20)25-10-8-17-4-2-3-5-19(17)14-25/h2-7,9,11-12,15,22H,8,10,13-14H2,1H3,(H,24,27). The van der Waals surface area contributed by atoms with E-state index in [1.807, 2.05) is 0 Å². The minimum Gasteiger partial charge on any atom is -0.350 e. The van der Waals surface area contributed by atoms with E-state index in [0.29, 0.717) is 17.7 Å². The summed E-state index contributed by atoms with van der Waals surface area (Å²) in [7, 11) is 0. The molecule has 1 unspecified atom stereocenters. The van der Waals surface area contributed by atoms with E-state index in [1.54, 1.807) is 24.3 Å². The summed E-state index contributed by atoms with van der Waals surface area (Å²) in [6, 6.07) is 15.2. The third-order valence-corrected chi connectivity index (χ3v) is 6.34. The van der Waals surface area contributed by atoms with E-state index in [0.717, 1.165) is 19.5 Å². The zero-order valence-electron chi connectivity index (χ0n) is 16.7. The van der Waals surface area contributed by atoms with E-state index in [1.165, 1.54) is 28.8 Å². The number of hydrogen-bond donors (Lipinski definition) is 1. The normalized spacial score (nSPS) is 14.7. The molecule has 1 amide bonds. The van der Waals surface area contributed by atoms with Crippen LogP contribution in [0, 0.1) is 17.0 Å². The Balaban J connectivity index is 1.49. The number of nitro benzene ring substituents is 1. The Morgan fingerprint density at radius 2 is 2.03 bits per heavy atom. The number of carbonyl (C=O) groups is 1. The Morgan fingerprint density at radius 3 is 2.73 bits per heavy atom. The first-order valence-electron chi connectivity index (χ1n) is 9.89. The number of aryl methyl sites for hydroxylation is 1. The number of fused-ring (bicyclic) bond motifs is 1. The van der Waals surface area contributed by atoms with Crippen molar-refractivity contribution in [3.63, 3.8) is 0 Å². The highest BCUT2D eigenvalue weighted by Gasteiger charge is 2.26. The maximum atomic E-state index is 12.7. The maximum Gasteiger partial charge on any atom is 0.272 e. The molecule has 7 heteroatoms. The summed E-state index contributed by atoms with van der Waals surface area (Å²) < 4.78 is 0. The Kier molecular flexibility index (Phi) is 5.92. The fourth-order valence-corrected chi connectivity index (χ4v) is 4.71. The van der Waals surface area contributed by atoms with Crippen molar-refractivity contribution in [3.05, 3.63) is 97.2 Å². The number of thiophene rings is 1. The van der Waals surface area contributed by atoms with Gasteiger partial charge in [0.25, 0.3) is 11.6 Å². The summed E-state index contributed by atoms with van der Waals surface area (Å²) in [4.78, 5) is 25.7. The van der Waals surface area contributed by atoms with Gasteiger partial charge in [-0.25, -0.2) is 0 Å². The summed E-state index contributed by atoms with van der Waals surface area (Å²) in [6.45, 7) is 3.91. The molecule has 154 valence electrons. The van der Waals surface area contributed by atoms with Crippen molar-refractivity contribution in [1.29, 1.82) is 0 Å². The highest BCUT2D eigenvalue weighted by atomic mass is 32.1. The largest absolute Gasteiger partial charge is 0.350 e. The molecule has 4 rings (SSSR count). The first-order chi connectivity index (χ1) is 14.5. The fourth-order valence-electron chi connectivity index (χ4n) is 4.00. The molecule has 1 aromatic heterocycles. The quantitative estimate of drug-likeness (QED) is 0.470. The Bertz CT molecular complexity index is 1070. The van der Waals surface area contributed by atoms with Crippen LogP contribution in [0.3, 0.4) is 0 Å². The van der Waals surface area contributed by atoms with Crippen molar-refractivity contribution in [1.82, 2.24) is 10.2 Å². The number of amides is 1. The molecule has 3 aromatic rings. The van der Waals surface area contributed by atoms with Gasteiger partial charge in [-0.15, -0.1) is 0 Å². The molecular formula is C23H23N3O3S. The molecule has 0 saturated carbocycles. The van der Waals surface area contributed by atoms with Crippen LogP contribution in [-0.4, -0.2) is 28.8 Å². The number of benzene rings is 2. The monoisotopic (exact) mass is 421 g/mol. The minimum absolute atomic E-state index is 0.0229. The lowest BCUT2D eigenvalue weighted by molar-refractivity contribution is -0.385. The van der Waals surface area contributed by atoms with Crippen LogP contribution in [0.1, 0.15) is 38.7 Å². The molecular weight excluding hydrogens is 398 g/mol. The number of nitrogens with one attached hydrogen (secondary N) is 1. The van der Waals surface area contributed by atoms with E-state index < -0.39 is 4.92 Å². The molecule has 0 bridgehead atoms. The third-order valence-electron chi connectivity index (χ3n) is 5.64. The van der Waals surface area contributed by atoms with Gasteiger partial charge in [-0.1, -0.05) is 24.3 Å². The van der Waals surface area contributed by atoms with Crippen molar-refractivity contribution in [3.8, 4) is 0 Å². The predicted molar refractivity (Wildman–Crippen MR) is 118 cm³/mol. The van der Waals surface area contributed by atoms with Crippen LogP contribution in [0.25, 0.3) is 0 Å². The molecule has 0 fully saturated rings. The van der Waals surface area contributed by atoms with Gasteiger partial charge in [0, 0.05) is 36.8 Å². The van der Waals surface area contributed by atoms with Crippen molar-refractivity contribution < 1.29 is 9.72 Å². The molecule has 0 saturated heterocycles. The molecule has 0 spiro atoms. The molecule has 1 N–H and O–H groups in total. The van der Waals surface area contributed by atoms with Gasteiger partial charge in [-0.2, -0.15) is 11.3 Å². The van der Waals surface area contributed by atoms with Crippen LogP contribution in [0.5, 0.6) is 0 Å². The Labute approximate surface area is 179 Å². The van der Waals surface area contributed by atoms with Gasteiger partial charge in [-0.05, 0) is 59.0 Å². The van der Waals surface area contributed by atoms with Gasteiger partial charge in [0.1, 0.15) is 0 Å². The van der Waals surface area contributed by atoms with Crippen molar-refractivity contribution in [2.75, 3.05) is 13.1 Å². The topological polar surface area (TPSA) is 75.5 Å². The van der Waals surface area contributed by atoms with Gasteiger partial charge in [0.05, 0.1) is 11.0 Å². The van der Waals surface area contributed by atoms with Crippen molar-refractivity contribution >= 4 is 22.9 Å². The highest BCUT2D eigenvalue weighted by Crippen LogP contribution is 2.29. The van der Waals surface area contributed by atoms with Crippen LogP contribution >= 0.6 is 11.3 Å². The second kappa shape index (κ2) is 8.77.